The Labute approximate surface area is 101 Å². The lowest BCUT2D eigenvalue weighted by Gasteiger charge is -2.15. The molecule has 0 saturated heterocycles. The molecule has 0 aliphatic heterocycles. The van der Waals surface area contributed by atoms with Crippen LogP contribution in [0.15, 0.2) is 18.2 Å². The minimum Gasteiger partial charge on any atom is -0.488 e. The van der Waals surface area contributed by atoms with Crippen LogP contribution in [-0.4, -0.2) is 19.2 Å². The molecule has 1 unspecified atom stereocenters. The van der Waals surface area contributed by atoms with Crippen molar-refractivity contribution >= 4 is 0 Å². The number of rotatable bonds is 7. The van der Waals surface area contributed by atoms with Crippen molar-refractivity contribution in [2.75, 3.05) is 13.1 Å². The summed E-state index contributed by atoms with van der Waals surface area (Å²) in [6.45, 7) is 5.75. The highest BCUT2D eigenvalue weighted by Crippen LogP contribution is 2.21. The lowest BCUT2D eigenvalue weighted by Crippen LogP contribution is -2.18. The Morgan fingerprint density at radius 3 is 2.82 bits per heavy atom. The average Bonchev–Trinajstić information content (AvgIpc) is 2.31. The molecule has 0 saturated carbocycles. The molecule has 0 aliphatic carbocycles. The van der Waals surface area contributed by atoms with Crippen molar-refractivity contribution in [1.29, 1.82) is 0 Å². The van der Waals surface area contributed by atoms with E-state index in [2.05, 4.69) is 5.32 Å². The van der Waals surface area contributed by atoms with Gasteiger partial charge in [-0.05, 0) is 45.0 Å². The highest BCUT2D eigenvalue weighted by atomic mass is 19.2. The summed E-state index contributed by atoms with van der Waals surface area (Å²) in [5, 5.41) is 3.20. The van der Waals surface area contributed by atoms with Gasteiger partial charge in [0.25, 0.3) is 0 Å². The monoisotopic (exact) mass is 243 g/mol. The van der Waals surface area contributed by atoms with Gasteiger partial charge in [-0.2, -0.15) is 4.39 Å². The fourth-order valence-electron chi connectivity index (χ4n) is 1.54. The molecular weight excluding hydrogens is 224 g/mol. The molecule has 0 bridgehead atoms. The van der Waals surface area contributed by atoms with Crippen molar-refractivity contribution in [3.8, 4) is 5.75 Å². The fraction of sp³-hybridized carbons (Fsp3) is 0.538. The first-order chi connectivity index (χ1) is 8.15. The van der Waals surface area contributed by atoms with Crippen LogP contribution in [0.4, 0.5) is 8.78 Å². The molecule has 1 aromatic carbocycles. The Hall–Kier alpha value is -1.16. The van der Waals surface area contributed by atoms with Gasteiger partial charge in [-0.3, -0.25) is 0 Å². The van der Waals surface area contributed by atoms with Gasteiger partial charge >= 0.3 is 0 Å². The number of nitrogens with one attached hydrogen (secondary N) is 1. The van der Waals surface area contributed by atoms with Gasteiger partial charge in [-0.15, -0.1) is 0 Å². The Kier molecular flexibility index (Phi) is 5.91. The van der Waals surface area contributed by atoms with Crippen molar-refractivity contribution in [3.05, 3.63) is 29.8 Å². The maximum absolute atomic E-state index is 13.3. The van der Waals surface area contributed by atoms with Crippen LogP contribution < -0.4 is 10.1 Å². The summed E-state index contributed by atoms with van der Waals surface area (Å²) in [6.07, 6.45) is 1.64. The number of hydrogen-bond donors (Lipinski definition) is 1. The third kappa shape index (κ3) is 4.69. The van der Waals surface area contributed by atoms with Crippen LogP contribution in [0.25, 0.3) is 0 Å². The highest BCUT2D eigenvalue weighted by Gasteiger charge is 2.11. The van der Waals surface area contributed by atoms with E-state index >= 15 is 0 Å². The van der Waals surface area contributed by atoms with E-state index in [0.29, 0.717) is 0 Å². The van der Waals surface area contributed by atoms with E-state index in [4.69, 9.17) is 4.74 Å². The van der Waals surface area contributed by atoms with Gasteiger partial charge in [-0.25, -0.2) is 4.39 Å². The first-order valence-electron chi connectivity index (χ1n) is 5.96. The summed E-state index contributed by atoms with van der Waals surface area (Å²) in [5.41, 5.74) is 0. The van der Waals surface area contributed by atoms with Crippen LogP contribution in [0.5, 0.6) is 5.75 Å². The van der Waals surface area contributed by atoms with Crippen molar-refractivity contribution in [2.45, 2.75) is 32.8 Å². The highest BCUT2D eigenvalue weighted by molar-refractivity contribution is 5.25. The van der Waals surface area contributed by atoms with Gasteiger partial charge in [0.2, 0.25) is 5.82 Å². The van der Waals surface area contributed by atoms with Crippen LogP contribution in [0.1, 0.15) is 26.7 Å². The molecule has 0 spiro atoms. The second-order valence-electron chi connectivity index (χ2n) is 3.98. The van der Waals surface area contributed by atoms with E-state index in [0.717, 1.165) is 32.0 Å². The Morgan fingerprint density at radius 2 is 2.12 bits per heavy atom. The predicted molar refractivity (Wildman–Crippen MR) is 64.2 cm³/mol. The zero-order valence-electron chi connectivity index (χ0n) is 10.3. The predicted octanol–water partition coefficient (Wildman–Crippen LogP) is 3.12. The van der Waals surface area contributed by atoms with Gasteiger partial charge in [0.15, 0.2) is 11.6 Å². The van der Waals surface area contributed by atoms with Crippen LogP contribution in [-0.2, 0) is 0 Å². The zero-order chi connectivity index (χ0) is 12.7. The Morgan fingerprint density at radius 1 is 1.35 bits per heavy atom. The van der Waals surface area contributed by atoms with E-state index < -0.39 is 11.6 Å². The third-order valence-corrected chi connectivity index (χ3v) is 2.46. The zero-order valence-corrected chi connectivity index (χ0v) is 10.3. The van der Waals surface area contributed by atoms with Gasteiger partial charge in [0, 0.05) is 0 Å². The molecule has 1 N–H and O–H groups in total. The molecule has 4 heteroatoms. The lowest BCUT2D eigenvalue weighted by atomic mass is 10.2. The third-order valence-electron chi connectivity index (χ3n) is 2.46. The number of benzene rings is 1. The molecule has 0 amide bonds. The number of hydrogen-bond acceptors (Lipinski definition) is 2. The first kappa shape index (κ1) is 13.9. The van der Waals surface area contributed by atoms with E-state index in [1.54, 1.807) is 0 Å². The molecule has 17 heavy (non-hydrogen) atoms. The average molecular weight is 243 g/mol. The Balaban J connectivity index is 2.39. The van der Waals surface area contributed by atoms with Crippen molar-refractivity contribution in [3.63, 3.8) is 0 Å². The summed E-state index contributed by atoms with van der Waals surface area (Å²) < 4.78 is 31.6. The van der Waals surface area contributed by atoms with E-state index in [9.17, 15) is 8.78 Å². The molecule has 1 atom stereocenters. The number of halogens is 2. The molecular formula is C13H19F2NO. The van der Waals surface area contributed by atoms with E-state index in [1.165, 1.54) is 12.1 Å². The fourth-order valence-corrected chi connectivity index (χ4v) is 1.54. The second-order valence-corrected chi connectivity index (χ2v) is 3.98. The molecule has 1 aromatic rings. The molecule has 96 valence electrons. The SMILES string of the molecule is CCNCCCC(C)Oc1cccc(F)c1F. The molecule has 1 rings (SSSR count). The van der Waals surface area contributed by atoms with E-state index in [-0.39, 0.29) is 11.9 Å². The summed E-state index contributed by atoms with van der Waals surface area (Å²) >= 11 is 0. The molecule has 0 aromatic heterocycles. The standard InChI is InChI=1S/C13H19F2NO/c1-3-16-9-5-6-10(2)17-12-8-4-7-11(14)13(12)15/h4,7-8,10,16H,3,5-6,9H2,1-2H3. The lowest BCUT2D eigenvalue weighted by molar-refractivity contribution is 0.196. The van der Waals surface area contributed by atoms with Crippen LogP contribution in [0.2, 0.25) is 0 Å². The largest absolute Gasteiger partial charge is 0.488 e. The maximum Gasteiger partial charge on any atom is 0.200 e. The molecule has 0 heterocycles. The quantitative estimate of drug-likeness (QED) is 0.743. The number of ether oxygens (including phenoxy) is 1. The maximum atomic E-state index is 13.3. The summed E-state index contributed by atoms with van der Waals surface area (Å²) in [7, 11) is 0. The van der Waals surface area contributed by atoms with Gasteiger partial charge in [-0.1, -0.05) is 13.0 Å². The summed E-state index contributed by atoms with van der Waals surface area (Å²) in [6, 6.07) is 3.97. The molecule has 0 radical (unpaired) electrons. The molecule has 0 aliphatic rings. The smallest absolute Gasteiger partial charge is 0.200 e. The second kappa shape index (κ2) is 7.22. The summed E-state index contributed by atoms with van der Waals surface area (Å²) in [5.74, 6) is -1.80. The molecule has 2 nitrogen and oxygen atoms in total. The van der Waals surface area contributed by atoms with Crippen LogP contribution >= 0.6 is 0 Å². The Bertz CT molecular complexity index is 344. The first-order valence-corrected chi connectivity index (χ1v) is 5.96. The van der Waals surface area contributed by atoms with Crippen molar-refractivity contribution in [2.24, 2.45) is 0 Å². The van der Waals surface area contributed by atoms with Crippen LogP contribution in [0, 0.1) is 11.6 Å². The minimum absolute atomic E-state index is 0.0130. The molecule has 0 fully saturated rings. The van der Waals surface area contributed by atoms with Crippen molar-refractivity contribution < 1.29 is 13.5 Å². The van der Waals surface area contributed by atoms with Crippen LogP contribution in [0.3, 0.4) is 0 Å². The van der Waals surface area contributed by atoms with Gasteiger partial charge in [0.1, 0.15) is 0 Å². The van der Waals surface area contributed by atoms with Gasteiger partial charge < -0.3 is 10.1 Å². The normalized spacial score (nSPS) is 12.5. The van der Waals surface area contributed by atoms with Gasteiger partial charge in [0.05, 0.1) is 6.10 Å². The minimum atomic E-state index is -0.911. The summed E-state index contributed by atoms with van der Waals surface area (Å²) in [4.78, 5) is 0. The topological polar surface area (TPSA) is 21.3 Å². The van der Waals surface area contributed by atoms with Crippen molar-refractivity contribution in [1.82, 2.24) is 5.32 Å². The van der Waals surface area contributed by atoms with E-state index in [1.807, 2.05) is 13.8 Å².